The number of hydrogen-bond donors (Lipinski definition) is 1. The summed E-state index contributed by atoms with van der Waals surface area (Å²) in [6, 6.07) is 11.2. The van der Waals surface area contributed by atoms with Gasteiger partial charge in [-0.15, -0.1) is 0 Å². The summed E-state index contributed by atoms with van der Waals surface area (Å²) in [7, 11) is 0. The molecule has 0 saturated carbocycles. The van der Waals surface area contributed by atoms with Gasteiger partial charge in [0.05, 0.1) is 0 Å². The second-order valence-corrected chi connectivity index (χ2v) is 4.87. The van der Waals surface area contributed by atoms with E-state index in [1.807, 2.05) is 0 Å². The van der Waals surface area contributed by atoms with Crippen LogP contribution in [0.25, 0.3) is 0 Å². The quantitative estimate of drug-likeness (QED) is 0.695. The summed E-state index contributed by atoms with van der Waals surface area (Å²) in [5, 5.41) is 0. The topological polar surface area (TPSA) is 43.1 Å². The normalized spacial score (nSPS) is 10.3. The Morgan fingerprint density at radius 3 is 2.50 bits per heavy atom. The Kier molecular flexibility index (Phi) is 3.77. The molecule has 0 bridgehead atoms. The zero-order chi connectivity index (χ0) is 13.1. The highest BCUT2D eigenvalue weighted by atomic mass is 79.9. The Morgan fingerprint density at radius 2 is 1.83 bits per heavy atom. The van der Waals surface area contributed by atoms with E-state index in [2.05, 4.69) is 15.9 Å². The Labute approximate surface area is 113 Å². The molecule has 0 amide bonds. The van der Waals surface area contributed by atoms with Crippen molar-refractivity contribution in [2.45, 2.75) is 6.42 Å². The molecule has 2 aromatic rings. The summed E-state index contributed by atoms with van der Waals surface area (Å²) in [6.07, 6.45) is 0.0369. The molecule has 18 heavy (non-hydrogen) atoms. The van der Waals surface area contributed by atoms with Crippen LogP contribution in [0.3, 0.4) is 0 Å². The van der Waals surface area contributed by atoms with Gasteiger partial charge in [-0.25, -0.2) is 4.39 Å². The minimum Gasteiger partial charge on any atom is -0.399 e. The predicted molar refractivity (Wildman–Crippen MR) is 73.0 cm³/mol. The lowest BCUT2D eigenvalue weighted by Gasteiger charge is -2.04. The van der Waals surface area contributed by atoms with Crippen molar-refractivity contribution in [3.63, 3.8) is 0 Å². The van der Waals surface area contributed by atoms with Crippen LogP contribution in [0.1, 0.15) is 15.9 Å². The van der Waals surface area contributed by atoms with Crippen molar-refractivity contribution in [1.82, 2.24) is 0 Å². The van der Waals surface area contributed by atoms with Gasteiger partial charge in [0.25, 0.3) is 0 Å². The van der Waals surface area contributed by atoms with E-state index >= 15 is 0 Å². The van der Waals surface area contributed by atoms with E-state index < -0.39 is 0 Å². The molecule has 2 N–H and O–H groups in total. The first kappa shape index (κ1) is 12.8. The Hall–Kier alpha value is -1.68. The Balaban J connectivity index is 2.21. The SMILES string of the molecule is Nc1ccc(C(=O)Cc2cc(Br)ccc2F)cc1. The van der Waals surface area contributed by atoms with Crippen LogP contribution in [0, 0.1) is 5.82 Å². The fraction of sp³-hybridized carbons (Fsp3) is 0.0714. The molecule has 0 aliphatic heterocycles. The summed E-state index contributed by atoms with van der Waals surface area (Å²) >= 11 is 3.26. The molecule has 0 atom stereocenters. The van der Waals surface area contributed by atoms with Crippen molar-refractivity contribution in [3.05, 3.63) is 63.9 Å². The van der Waals surface area contributed by atoms with Crippen LogP contribution >= 0.6 is 15.9 Å². The van der Waals surface area contributed by atoms with E-state index in [1.165, 1.54) is 6.07 Å². The van der Waals surface area contributed by atoms with Crippen LogP contribution in [0.15, 0.2) is 46.9 Å². The lowest BCUT2D eigenvalue weighted by molar-refractivity contribution is 0.0992. The number of Topliss-reactive ketones (excluding diaryl/α,β-unsaturated/α-hetero) is 1. The molecule has 0 heterocycles. The summed E-state index contributed by atoms with van der Waals surface area (Å²) < 4.78 is 14.3. The molecular weight excluding hydrogens is 297 g/mol. The maximum atomic E-state index is 13.5. The lowest BCUT2D eigenvalue weighted by Crippen LogP contribution is -2.05. The van der Waals surface area contributed by atoms with E-state index in [1.54, 1.807) is 36.4 Å². The molecule has 0 aromatic heterocycles. The summed E-state index contributed by atoms with van der Waals surface area (Å²) in [5.74, 6) is -0.506. The molecule has 0 unspecified atom stereocenters. The van der Waals surface area contributed by atoms with Gasteiger partial charge in [-0.1, -0.05) is 15.9 Å². The van der Waals surface area contributed by atoms with E-state index in [0.717, 1.165) is 4.47 Å². The van der Waals surface area contributed by atoms with Gasteiger partial charge in [-0.3, -0.25) is 4.79 Å². The number of halogens is 2. The molecule has 0 spiro atoms. The van der Waals surface area contributed by atoms with Crippen LogP contribution in [0.2, 0.25) is 0 Å². The number of carbonyl (C=O) groups is 1. The number of benzene rings is 2. The number of nitrogens with two attached hydrogens (primary N) is 1. The predicted octanol–water partition coefficient (Wildman–Crippen LogP) is 3.60. The third kappa shape index (κ3) is 2.96. The van der Waals surface area contributed by atoms with Gasteiger partial charge in [0.1, 0.15) is 5.82 Å². The summed E-state index contributed by atoms with van der Waals surface area (Å²) in [4.78, 5) is 12.0. The molecule has 0 aliphatic carbocycles. The van der Waals surface area contributed by atoms with Crippen molar-refractivity contribution in [2.24, 2.45) is 0 Å². The molecule has 0 fully saturated rings. The fourth-order valence-corrected chi connectivity index (χ4v) is 2.03. The fourth-order valence-electron chi connectivity index (χ4n) is 1.62. The molecular formula is C14H11BrFNO. The molecule has 0 radical (unpaired) electrons. The third-order valence-electron chi connectivity index (χ3n) is 2.59. The van der Waals surface area contributed by atoms with Crippen molar-refractivity contribution in [2.75, 3.05) is 5.73 Å². The van der Waals surface area contributed by atoms with Gasteiger partial charge in [-0.2, -0.15) is 0 Å². The van der Waals surface area contributed by atoms with Crippen molar-refractivity contribution < 1.29 is 9.18 Å². The highest BCUT2D eigenvalue weighted by molar-refractivity contribution is 9.10. The Bertz CT molecular complexity index is 581. The van der Waals surface area contributed by atoms with Crippen molar-refractivity contribution >= 4 is 27.4 Å². The zero-order valence-corrected chi connectivity index (χ0v) is 11.1. The number of anilines is 1. The molecule has 2 nitrogen and oxygen atoms in total. The zero-order valence-electron chi connectivity index (χ0n) is 9.49. The van der Waals surface area contributed by atoms with Gasteiger partial charge in [0, 0.05) is 22.1 Å². The molecule has 0 aliphatic rings. The third-order valence-corrected chi connectivity index (χ3v) is 3.08. The first-order valence-corrected chi connectivity index (χ1v) is 6.18. The van der Waals surface area contributed by atoms with Gasteiger partial charge in [0.15, 0.2) is 5.78 Å². The number of rotatable bonds is 3. The molecule has 92 valence electrons. The smallest absolute Gasteiger partial charge is 0.167 e. The van der Waals surface area contributed by atoms with Crippen LogP contribution < -0.4 is 5.73 Å². The van der Waals surface area contributed by atoms with Gasteiger partial charge in [-0.05, 0) is 48.0 Å². The summed E-state index contributed by atoms with van der Waals surface area (Å²) in [6.45, 7) is 0. The molecule has 4 heteroatoms. The van der Waals surface area contributed by atoms with Crippen LogP contribution in [0.5, 0.6) is 0 Å². The van der Waals surface area contributed by atoms with Crippen LogP contribution in [-0.2, 0) is 6.42 Å². The number of nitrogen functional groups attached to an aromatic ring is 1. The van der Waals surface area contributed by atoms with Crippen LogP contribution in [0.4, 0.5) is 10.1 Å². The minimum absolute atomic E-state index is 0.0369. The molecule has 2 aromatic carbocycles. The largest absolute Gasteiger partial charge is 0.399 e. The van der Waals surface area contributed by atoms with Gasteiger partial charge >= 0.3 is 0 Å². The highest BCUT2D eigenvalue weighted by Gasteiger charge is 2.10. The maximum Gasteiger partial charge on any atom is 0.167 e. The standard InChI is InChI=1S/C14H11BrFNO/c15-11-3-6-13(16)10(7-11)8-14(18)9-1-4-12(17)5-2-9/h1-7H,8,17H2. The first-order chi connectivity index (χ1) is 8.56. The number of ketones is 1. The monoisotopic (exact) mass is 307 g/mol. The minimum atomic E-state index is -0.373. The average Bonchev–Trinajstić information content (AvgIpc) is 2.34. The lowest BCUT2D eigenvalue weighted by atomic mass is 10.0. The highest BCUT2D eigenvalue weighted by Crippen LogP contribution is 2.18. The van der Waals surface area contributed by atoms with Crippen LogP contribution in [-0.4, -0.2) is 5.78 Å². The van der Waals surface area contributed by atoms with Gasteiger partial charge < -0.3 is 5.73 Å². The average molecular weight is 308 g/mol. The number of carbonyl (C=O) groups excluding carboxylic acids is 1. The van der Waals surface area contributed by atoms with Crippen molar-refractivity contribution in [1.29, 1.82) is 0 Å². The first-order valence-electron chi connectivity index (χ1n) is 5.39. The maximum absolute atomic E-state index is 13.5. The van der Waals surface area contributed by atoms with E-state index in [9.17, 15) is 9.18 Å². The van der Waals surface area contributed by atoms with E-state index in [-0.39, 0.29) is 18.0 Å². The Morgan fingerprint density at radius 1 is 1.17 bits per heavy atom. The summed E-state index contributed by atoms with van der Waals surface area (Å²) in [5.41, 5.74) is 7.06. The van der Waals surface area contributed by atoms with E-state index in [0.29, 0.717) is 16.8 Å². The van der Waals surface area contributed by atoms with Crippen molar-refractivity contribution in [3.8, 4) is 0 Å². The second-order valence-electron chi connectivity index (χ2n) is 3.96. The van der Waals surface area contributed by atoms with Gasteiger partial charge in [0.2, 0.25) is 0 Å². The molecule has 2 rings (SSSR count). The van der Waals surface area contributed by atoms with E-state index in [4.69, 9.17) is 5.73 Å². The second kappa shape index (κ2) is 5.31. The molecule has 0 saturated heterocycles. The number of hydrogen-bond acceptors (Lipinski definition) is 2.